The van der Waals surface area contributed by atoms with Gasteiger partial charge in [-0.25, -0.2) is 4.98 Å². The molecular formula is C14H16ClN3OS. The van der Waals surface area contributed by atoms with Crippen molar-refractivity contribution >= 4 is 28.3 Å². The van der Waals surface area contributed by atoms with Crippen molar-refractivity contribution in [2.24, 2.45) is 0 Å². The standard InChI is InChI=1S/C14H16ClN3OS/c1-10-16-14(20-17-10)18-8-6-11(7-9-18)19-13-5-3-2-4-12(13)15/h2-5,11H,6-9H2,1H3. The summed E-state index contributed by atoms with van der Waals surface area (Å²) in [5, 5.41) is 1.69. The molecule has 4 nitrogen and oxygen atoms in total. The first kappa shape index (κ1) is 13.6. The van der Waals surface area contributed by atoms with Gasteiger partial charge in [0.2, 0.25) is 5.13 Å². The molecule has 0 bridgehead atoms. The Hall–Kier alpha value is -1.33. The van der Waals surface area contributed by atoms with Crippen molar-refractivity contribution < 1.29 is 4.74 Å². The number of para-hydroxylation sites is 1. The molecule has 1 fully saturated rings. The zero-order valence-corrected chi connectivity index (χ0v) is 12.8. The average Bonchev–Trinajstić information content (AvgIpc) is 2.89. The van der Waals surface area contributed by atoms with Crippen LogP contribution in [0.3, 0.4) is 0 Å². The highest BCUT2D eigenvalue weighted by atomic mass is 35.5. The van der Waals surface area contributed by atoms with Crippen molar-refractivity contribution in [1.29, 1.82) is 0 Å². The number of hydrogen-bond donors (Lipinski definition) is 0. The smallest absolute Gasteiger partial charge is 0.205 e. The fourth-order valence-corrected chi connectivity index (χ4v) is 3.21. The van der Waals surface area contributed by atoms with Crippen molar-refractivity contribution in [3.63, 3.8) is 0 Å². The van der Waals surface area contributed by atoms with E-state index in [0.717, 1.165) is 42.6 Å². The molecule has 0 spiro atoms. The molecule has 1 aliphatic heterocycles. The van der Waals surface area contributed by atoms with Gasteiger partial charge >= 0.3 is 0 Å². The molecule has 6 heteroatoms. The SMILES string of the molecule is Cc1nsc(N2CCC(Oc3ccccc3Cl)CC2)n1. The molecule has 0 N–H and O–H groups in total. The number of rotatable bonds is 3. The first-order valence-electron chi connectivity index (χ1n) is 6.69. The predicted octanol–water partition coefficient (Wildman–Crippen LogP) is 3.55. The summed E-state index contributed by atoms with van der Waals surface area (Å²) in [6.07, 6.45) is 2.17. The summed E-state index contributed by atoms with van der Waals surface area (Å²) in [6.45, 7) is 3.82. The molecule has 0 atom stereocenters. The number of benzene rings is 1. The minimum Gasteiger partial charge on any atom is -0.489 e. The van der Waals surface area contributed by atoms with E-state index in [1.807, 2.05) is 31.2 Å². The summed E-state index contributed by atoms with van der Waals surface area (Å²) in [6, 6.07) is 7.63. The van der Waals surface area contributed by atoms with Crippen molar-refractivity contribution in [3.05, 3.63) is 35.1 Å². The van der Waals surface area contributed by atoms with E-state index in [9.17, 15) is 0 Å². The molecule has 2 heterocycles. The zero-order valence-electron chi connectivity index (χ0n) is 11.3. The molecule has 1 saturated heterocycles. The third kappa shape index (κ3) is 3.04. The molecule has 0 saturated carbocycles. The van der Waals surface area contributed by atoms with Crippen LogP contribution in [0.5, 0.6) is 5.75 Å². The van der Waals surface area contributed by atoms with Gasteiger partial charge in [-0.05, 0) is 19.1 Å². The van der Waals surface area contributed by atoms with Gasteiger partial charge in [-0.2, -0.15) is 4.37 Å². The van der Waals surface area contributed by atoms with Gasteiger partial charge in [0.05, 0.1) is 5.02 Å². The molecule has 0 unspecified atom stereocenters. The maximum Gasteiger partial charge on any atom is 0.205 e. The maximum absolute atomic E-state index is 6.12. The maximum atomic E-state index is 6.12. The molecule has 1 aliphatic rings. The average molecular weight is 310 g/mol. The Morgan fingerprint density at radius 3 is 2.70 bits per heavy atom. The molecular weight excluding hydrogens is 294 g/mol. The lowest BCUT2D eigenvalue weighted by molar-refractivity contribution is 0.171. The fraction of sp³-hybridized carbons (Fsp3) is 0.429. The number of nitrogens with zero attached hydrogens (tertiary/aromatic N) is 3. The Labute approximate surface area is 127 Å². The van der Waals surface area contributed by atoms with Crippen LogP contribution in [0.2, 0.25) is 5.02 Å². The van der Waals surface area contributed by atoms with Crippen LogP contribution in [0, 0.1) is 6.92 Å². The monoisotopic (exact) mass is 309 g/mol. The molecule has 20 heavy (non-hydrogen) atoms. The van der Waals surface area contributed by atoms with E-state index in [1.165, 1.54) is 11.5 Å². The molecule has 0 aliphatic carbocycles. The Balaban J connectivity index is 1.58. The normalized spacial score (nSPS) is 16.4. The quantitative estimate of drug-likeness (QED) is 0.869. The van der Waals surface area contributed by atoms with Crippen LogP contribution in [0.15, 0.2) is 24.3 Å². The highest BCUT2D eigenvalue weighted by Gasteiger charge is 2.23. The molecule has 1 aromatic heterocycles. The van der Waals surface area contributed by atoms with Gasteiger partial charge in [-0.1, -0.05) is 23.7 Å². The van der Waals surface area contributed by atoms with E-state index in [1.54, 1.807) is 0 Å². The zero-order chi connectivity index (χ0) is 13.9. The highest BCUT2D eigenvalue weighted by molar-refractivity contribution is 7.09. The van der Waals surface area contributed by atoms with Gasteiger partial charge in [0.1, 0.15) is 17.7 Å². The van der Waals surface area contributed by atoms with Gasteiger partial charge < -0.3 is 9.64 Å². The van der Waals surface area contributed by atoms with Gasteiger partial charge in [-0.3, -0.25) is 0 Å². The summed E-state index contributed by atoms with van der Waals surface area (Å²) in [5.41, 5.74) is 0. The van der Waals surface area contributed by atoms with E-state index < -0.39 is 0 Å². The molecule has 0 amide bonds. The third-order valence-corrected chi connectivity index (χ3v) is 4.54. The number of halogens is 1. The minimum absolute atomic E-state index is 0.222. The lowest BCUT2D eigenvalue weighted by Gasteiger charge is -2.31. The molecule has 3 rings (SSSR count). The van der Waals surface area contributed by atoms with Crippen LogP contribution in [0.4, 0.5) is 5.13 Å². The Morgan fingerprint density at radius 1 is 1.30 bits per heavy atom. The van der Waals surface area contributed by atoms with Crippen molar-refractivity contribution in [3.8, 4) is 5.75 Å². The number of anilines is 1. The second kappa shape index (κ2) is 5.97. The van der Waals surface area contributed by atoms with Crippen LogP contribution in [-0.2, 0) is 0 Å². The second-order valence-electron chi connectivity index (χ2n) is 4.86. The molecule has 0 radical (unpaired) electrons. The van der Waals surface area contributed by atoms with Crippen LogP contribution in [-0.4, -0.2) is 28.6 Å². The second-order valence-corrected chi connectivity index (χ2v) is 6.00. The van der Waals surface area contributed by atoms with Gasteiger partial charge in [0.15, 0.2) is 0 Å². The van der Waals surface area contributed by atoms with Crippen molar-refractivity contribution in [1.82, 2.24) is 9.36 Å². The molecule has 1 aromatic carbocycles. The topological polar surface area (TPSA) is 38.2 Å². The van der Waals surface area contributed by atoms with Crippen molar-refractivity contribution in [2.75, 3.05) is 18.0 Å². The Morgan fingerprint density at radius 2 is 2.05 bits per heavy atom. The van der Waals surface area contributed by atoms with E-state index in [4.69, 9.17) is 16.3 Å². The summed E-state index contributed by atoms with van der Waals surface area (Å²) >= 11 is 7.59. The van der Waals surface area contributed by atoms with Gasteiger partial charge in [-0.15, -0.1) is 0 Å². The largest absolute Gasteiger partial charge is 0.489 e. The fourth-order valence-electron chi connectivity index (χ4n) is 2.30. The number of aromatic nitrogens is 2. The van der Waals surface area contributed by atoms with E-state index in [-0.39, 0.29) is 6.10 Å². The number of aryl methyl sites for hydroxylation is 1. The first-order valence-corrected chi connectivity index (χ1v) is 7.84. The predicted molar refractivity (Wildman–Crippen MR) is 82.0 cm³/mol. The van der Waals surface area contributed by atoms with Crippen LogP contribution in [0.25, 0.3) is 0 Å². The van der Waals surface area contributed by atoms with Crippen LogP contribution in [0.1, 0.15) is 18.7 Å². The van der Waals surface area contributed by atoms with Gasteiger partial charge in [0.25, 0.3) is 0 Å². The Kier molecular flexibility index (Phi) is 4.08. The number of piperidine rings is 1. The number of hydrogen-bond acceptors (Lipinski definition) is 5. The summed E-state index contributed by atoms with van der Waals surface area (Å²) in [4.78, 5) is 6.70. The first-order chi connectivity index (χ1) is 9.72. The highest BCUT2D eigenvalue weighted by Crippen LogP contribution is 2.28. The molecule has 2 aromatic rings. The molecule has 106 valence electrons. The van der Waals surface area contributed by atoms with Crippen LogP contribution < -0.4 is 9.64 Å². The van der Waals surface area contributed by atoms with E-state index >= 15 is 0 Å². The minimum atomic E-state index is 0.222. The van der Waals surface area contributed by atoms with Gasteiger partial charge in [0, 0.05) is 37.5 Å². The summed E-state index contributed by atoms with van der Waals surface area (Å²) in [7, 11) is 0. The summed E-state index contributed by atoms with van der Waals surface area (Å²) in [5.74, 6) is 1.62. The van der Waals surface area contributed by atoms with E-state index in [2.05, 4.69) is 14.3 Å². The summed E-state index contributed by atoms with van der Waals surface area (Å²) < 4.78 is 10.2. The Bertz CT molecular complexity index is 581. The lowest BCUT2D eigenvalue weighted by atomic mass is 10.1. The van der Waals surface area contributed by atoms with E-state index in [0.29, 0.717) is 5.02 Å². The van der Waals surface area contributed by atoms with Crippen molar-refractivity contribution in [2.45, 2.75) is 25.9 Å². The van der Waals surface area contributed by atoms with Crippen LogP contribution >= 0.6 is 23.1 Å². The third-order valence-electron chi connectivity index (χ3n) is 3.36. The lowest BCUT2D eigenvalue weighted by Crippen LogP contribution is -2.38. The number of ether oxygens (including phenoxy) is 1.